The molecule has 0 saturated carbocycles. The highest BCUT2D eigenvalue weighted by molar-refractivity contribution is 7.91. The van der Waals surface area contributed by atoms with Crippen LogP contribution in [-0.2, 0) is 19.4 Å². The van der Waals surface area contributed by atoms with E-state index in [9.17, 15) is 13.2 Å². The van der Waals surface area contributed by atoms with Gasteiger partial charge in [-0.25, -0.2) is 8.42 Å². The highest BCUT2D eigenvalue weighted by Crippen LogP contribution is 2.35. The highest BCUT2D eigenvalue weighted by atomic mass is 32.2. The lowest BCUT2D eigenvalue weighted by atomic mass is 9.77. The van der Waals surface area contributed by atoms with Crippen LogP contribution >= 0.6 is 0 Å². The van der Waals surface area contributed by atoms with Crippen molar-refractivity contribution < 1.29 is 17.9 Å². The SMILES string of the molecule is COC(=O)C1(C2CCS(=O)(=O)C2)CCCCN1. The first-order valence-electron chi connectivity index (χ1n) is 6.04. The molecule has 2 atom stereocenters. The maximum absolute atomic E-state index is 12.0. The van der Waals surface area contributed by atoms with E-state index in [-0.39, 0.29) is 23.4 Å². The van der Waals surface area contributed by atoms with Crippen LogP contribution in [0.25, 0.3) is 0 Å². The summed E-state index contributed by atoms with van der Waals surface area (Å²) in [7, 11) is -1.61. The van der Waals surface area contributed by atoms with Gasteiger partial charge in [0.25, 0.3) is 0 Å². The van der Waals surface area contributed by atoms with Gasteiger partial charge >= 0.3 is 5.97 Å². The lowest BCUT2D eigenvalue weighted by Crippen LogP contribution is -2.60. The van der Waals surface area contributed by atoms with Gasteiger partial charge in [-0.05, 0) is 32.2 Å². The van der Waals surface area contributed by atoms with E-state index in [0.29, 0.717) is 12.8 Å². The van der Waals surface area contributed by atoms with Gasteiger partial charge in [-0.1, -0.05) is 0 Å². The molecule has 2 fully saturated rings. The van der Waals surface area contributed by atoms with Crippen molar-refractivity contribution in [3.05, 3.63) is 0 Å². The molecule has 17 heavy (non-hydrogen) atoms. The van der Waals surface area contributed by atoms with Gasteiger partial charge in [-0.3, -0.25) is 4.79 Å². The molecule has 1 N–H and O–H groups in total. The molecule has 2 aliphatic rings. The van der Waals surface area contributed by atoms with Crippen LogP contribution in [0.3, 0.4) is 0 Å². The van der Waals surface area contributed by atoms with E-state index in [4.69, 9.17) is 4.74 Å². The van der Waals surface area contributed by atoms with Crippen LogP contribution in [0.1, 0.15) is 25.7 Å². The van der Waals surface area contributed by atoms with Gasteiger partial charge in [-0.2, -0.15) is 0 Å². The Bertz CT molecular complexity index is 398. The molecule has 0 aliphatic carbocycles. The Balaban J connectivity index is 2.24. The van der Waals surface area contributed by atoms with E-state index >= 15 is 0 Å². The molecule has 2 heterocycles. The van der Waals surface area contributed by atoms with E-state index in [0.717, 1.165) is 19.4 Å². The molecular weight excluding hydrogens is 242 g/mol. The summed E-state index contributed by atoms with van der Waals surface area (Å²) in [5.41, 5.74) is -0.767. The van der Waals surface area contributed by atoms with Crippen LogP contribution in [0.2, 0.25) is 0 Å². The summed E-state index contributed by atoms with van der Waals surface area (Å²) in [5.74, 6) is -0.146. The number of piperidine rings is 1. The standard InChI is InChI=1S/C11H19NO4S/c1-16-10(13)11(5-2-3-6-12-11)9-4-7-17(14,15)8-9/h9,12H,2-8H2,1H3. The van der Waals surface area contributed by atoms with Crippen molar-refractivity contribution in [2.45, 2.75) is 31.2 Å². The maximum Gasteiger partial charge on any atom is 0.326 e. The van der Waals surface area contributed by atoms with Crippen LogP contribution in [0.5, 0.6) is 0 Å². The molecule has 2 unspecified atom stereocenters. The molecule has 2 saturated heterocycles. The lowest BCUT2D eigenvalue weighted by Gasteiger charge is -2.39. The smallest absolute Gasteiger partial charge is 0.326 e. The first-order chi connectivity index (χ1) is 8.00. The van der Waals surface area contributed by atoms with Crippen molar-refractivity contribution in [2.24, 2.45) is 5.92 Å². The van der Waals surface area contributed by atoms with Crippen LogP contribution in [0.15, 0.2) is 0 Å². The number of rotatable bonds is 2. The fourth-order valence-corrected chi connectivity index (χ4v) is 4.86. The van der Waals surface area contributed by atoms with E-state index in [1.165, 1.54) is 7.11 Å². The predicted octanol–water partition coefficient (Wildman–Crippen LogP) is 0.106. The van der Waals surface area contributed by atoms with Crippen molar-refractivity contribution >= 4 is 15.8 Å². The van der Waals surface area contributed by atoms with Gasteiger partial charge in [0.1, 0.15) is 5.54 Å². The Morgan fingerprint density at radius 3 is 2.65 bits per heavy atom. The highest BCUT2D eigenvalue weighted by Gasteiger charge is 2.50. The van der Waals surface area contributed by atoms with E-state index < -0.39 is 15.4 Å². The first-order valence-corrected chi connectivity index (χ1v) is 7.86. The number of ether oxygens (including phenoxy) is 1. The molecule has 2 aliphatic heterocycles. The zero-order valence-corrected chi connectivity index (χ0v) is 10.9. The number of nitrogens with one attached hydrogen (secondary N) is 1. The van der Waals surface area contributed by atoms with Crippen LogP contribution in [0, 0.1) is 5.92 Å². The Hall–Kier alpha value is -0.620. The fourth-order valence-electron chi connectivity index (χ4n) is 2.98. The normalized spacial score (nSPS) is 36.6. The van der Waals surface area contributed by atoms with Gasteiger partial charge in [0.05, 0.1) is 18.6 Å². The zero-order valence-electron chi connectivity index (χ0n) is 10.1. The van der Waals surface area contributed by atoms with Crippen molar-refractivity contribution in [2.75, 3.05) is 25.2 Å². The van der Waals surface area contributed by atoms with Crippen LogP contribution in [0.4, 0.5) is 0 Å². The summed E-state index contributed by atoms with van der Waals surface area (Å²) in [6, 6.07) is 0. The van der Waals surface area contributed by atoms with E-state index in [1.807, 2.05) is 0 Å². The van der Waals surface area contributed by atoms with Crippen LogP contribution < -0.4 is 5.32 Å². The minimum atomic E-state index is -2.97. The van der Waals surface area contributed by atoms with Crippen molar-refractivity contribution in [3.63, 3.8) is 0 Å². The second kappa shape index (κ2) is 4.57. The van der Waals surface area contributed by atoms with Gasteiger partial charge in [0.2, 0.25) is 0 Å². The summed E-state index contributed by atoms with van der Waals surface area (Å²) in [6.07, 6.45) is 3.21. The molecule has 0 spiro atoms. The second-order valence-electron chi connectivity index (χ2n) is 4.95. The summed E-state index contributed by atoms with van der Waals surface area (Å²) < 4.78 is 28.0. The molecule has 0 aromatic carbocycles. The number of sulfone groups is 1. The molecule has 0 aromatic heterocycles. The third-order valence-electron chi connectivity index (χ3n) is 3.92. The van der Waals surface area contributed by atoms with Gasteiger partial charge in [0.15, 0.2) is 9.84 Å². The molecule has 0 radical (unpaired) electrons. The average molecular weight is 261 g/mol. The van der Waals surface area contributed by atoms with Crippen LogP contribution in [-0.4, -0.2) is 45.1 Å². The Kier molecular flexibility index (Phi) is 3.45. The van der Waals surface area contributed by atoms with Crippen molar-refractivity contribution in [1.82, 2.24) is 5.32 Å². The maximum atomic E-state index is 12.0. The minimum absolute atomic E-state index is 0.106. The van der Waals surface area contributed by atoms with Crippen molar-refractivity contribution in [3.8, 4) is 0 Å². The van der Waals surface area contributed by atoms with Gasteiger partial charge in [0, 0.05) is 5.92 Å². The largest absolute Gasteiger partial charge is 0.468 e. The summed E-state index contributed by atoms with van der Waals surface area (Å²) >= 11 is 0. The minimum Gasteiger partial charge on any atom is -0.468 e. The molecule has 0 aromatic rings. The summed E-state index contributed by atoms with van der Waals surface area (Å²) in [5, 5.41) is 3.22. The number of hydrogen-bond acceptors (Lipinski definition) is 5. The molecule has 6 heteroatoms. The summed E-state index contributed by atoms with van der Waals surface area (Å²) in [6.45, 7) is 0.756. The number of carbonyl (C=O) groups excluding carboxylic acids is 1. The number of esters is 1. The molecule has 5 nitrogen and oxygen atoms in total. The van der Waals surface area contributed by atoms with E-state index in [1.54, 1.807) is 0 Å². The molecule has 2 rings (SSSR count). The number of carbonyl (C=O) groups is 1. The third kappa shape index (κ3) is 2.33. The monoisotopic (exact) mass is 261 g/mol. The second-order valence-corrected chi connectivity index (χ2v) is 7.18. The zero-order chi connectivity index (χ0) is 12.5. The molecule has 0 bridgehead atoms. The quantitative estimate of drug-likeness (QED) is 0.714. The van der Waals surface area contributed by atoms with Gasteiger partial charge in [-0.15, -0.1) is 0 Å². The van der Waals surface area contributed by atoms with Gasteiger partial charge < -0.3 is 10.1 Å². The fraction of sp³-hybridized carbons (Fsp3) is 0.909. The molecule has 0 amide bonds. The lowest BCUT2D eigenvalue weighted by molar-refractivity contribution is -0.152. The van der Waals surface area contributed by atoms with Crippen molar-refractivity contribution in [1.29, 1.82) is 0 Å². The number of methoxy groups -OCH3 is 1. The molecule has 98 valence electrons. The van der Waals surface area contributed by atoms with E-state index in [2.05, 4.69) is 5.32 Å². The Morgan fingerprint density at radius 1 is 1.41 bits per heavy atom. The average Bonchev–Trinajstić information content (AvgIpc) is 2.70. The third-order valence-corrected chi connectivity index (χ3v) is 5.69. The first kappa shape index (κ1) is 12.8. The predicted molar refractivity (Wildman–Crippen MR) is 63.4 cm³/mol. The Labute approximate surface area is 102 Å². The topological polar surface area (TPSA) is 72.5 Å². The number of hydrogen-bond donors (Lipinski definition) is 1. The molecular formula is C11H19NO4S. The summed E-state index contributed by atoms with van der Waals surface area (Å²) in [4.78, 5) is 12.0. The Morgan fingerprint density at radius 2 is 2.18 bits per heavy atom.